The Hall–Kier alpha value is -6.04. The van der Waals surface area contributed by atoms with Crippen LogP contribution in [-0.4, -0.2) is 86.7 Å². The third kappa shape index (κ3) is 6.49. The van der Waals surface area contributed by atoms with Gasteiger partial charge >= 0.3 is 6.18 Å². The van der Waals surface area contributed by atoms with E-state index in [1.54, 1.807) is 24.9 Å². The second-order valence-electron chi connectivity index (χ2n) is 12.4. The number of anilines is 2. The van der Waals surface area contributed by atoms with Gasteiger partial charge in [-0.1, -0.05) is 18.5 Å². The Bertz CT molecular complexity index is 2490. The van der Waals surface area contributed by atoms with E-state index in [-0.39, 0.29) is 77.7 Å². The average molecular weight is 750 g/mol. The molecule has 0 radical (unpaired) electrons. The molecule has 0 aliphatic carbocycles. The number of piperazine rings is 1. The minimum Gasteiger partial charge on any atom is -0.504 e. The molecule has 0 bridgehead atoms. The maximum absolute atomic E-state index is 14.3. The fourth-order valence-electron chi connectivity index (χ4n) is 6.36. The lowest BCUT2D eigenvalue weighted by Crippen LogP contribution is -2.51. The van der Waals surface area contributed by atoms with Crippen molar-refractivity contribution in [3.05, 3.63) is 87.1 Å². The molecule has 53 heavy (non-hydrogen) atoms. The summed E-state index contributed by atoms with van der Waals surface area (Å²) >= 11 is 6.13. The van der Waals surface area contributed by atoms with E-state index in [4.69, 9.17) is 11.6 Å². The van der Waals surface area contributed by atoms with Gasteiger partial charge in [0.25, 0.3) is 11.5 Å². The zero-order valence-corrected chi connectivity index (χ0v) is 29.3. The van der Waals surface area contributed by atoms with E-state index in [2.05, 4.69) is 30.4 Å². The number of halogens is 4. The van der Waals surface area contributed by atoms with Crippen molar-refractivity contribution in [2.24, 2.45) is 7.05 Å². The second kappa shape index (κ2) is 13.5. The number of pyridine rings is 1. The fourth-order valence-corrected chi connectivity index (χ4v) is 6.59. The Labute approximate surface area is 303 Å². The first kappa shape index (κ1) is 35.4. The monoisotopic (exact) mass is 749 g/mol. The van der Waals surface area contributed by atoms with Gasteiger partial charge in [0.2, 0.25) is 11.7 Å². The van der Waals surface area contributed by atoms with Gasteiger partial charge in [0.15, 0.2) is 17.3 Å². The minimum atomic E-state index is -4.62. The molecule has 1 aliphatic rings. The van der Waals surface area contributed by atoms with Crippen LogP contribution < -0.4 is 15.8 Å². The van der Waals surface area contributed by atoms with Gasteiger partial charge in [-0.3, -0.25) is 14.4 Å². The summed E-state index contributed by atoms with van der Waals surface area (Å²) in [5.41, 5.74) is 0.567. The molecule has 274 valence electrons. The summed E-state index contributed by atoms with van der Waals surface area (Å²) in [7, 11) is 1.86. The summed E-state index contributed by atoms with van der Waals surface area (Å²) in [5, 5.41) is 18.0. The van der Waals surface area contributed by atoms with E-state index < -0.39 is 35.7 Å². The molecule has 1 saturated heterocycles. The highest BCUT2D eigenvalue weighted by Crippen LogP contribution is 2.34. The molecule has 2 N–H and O–H groups in total. The number of fused-ring (bicyclic) bond motifs is 2. The number of aromatic nitrogens is 8. The molecule has 2 amide bonds. The summed E-state index contributed by atoms with van der Waals surface area (Å²) in [6, 6.07) is 6.32. The first-order valence-electron chi connectivity index (χ1n) is 16.4. The molecule has 1 aromatic carbocycles. The predicted octanol–water partition coefficient (Wildman–Crippen LogP) is 4.08. The van der Waals surface area contributed by atoms with Gasteiger partial charge in [0.05, 0.1) is 27.7 Å². The first-order chi connectivity index (χ1) is 25.2. The molecule has 1 fully saturated rings. The number of benzene rings is 1. The fraction of sp³-hybridized carbons (Fsp3) is 0.294. The number of aromatic hydroxyl groups is 1. The van der Waals surface area contributed by atoms with Crippen molar-refractivity contribution in [2.75, 3.05) is 36.4 Å². The van der Waals surface area contributed by atoms with Gasteiger partial charge in [0, 0.05) is 56.6 Å². The van der Waals surface area contributed by atoms with Crippen molar-refractivity contribution in [3.8, 4) is 17.1 Å². The smallest absolute Gasteiger partial charge is 0.416 e. The first-order valence-corrected chi connectivity index (χ1v) is 16.8. The van der Waals surface area contributed by atoms with Crippen LogP contribution in [0, 0.1) is 6.92 Å². The molecular formula is C34H31ClF3N11O4. The number of rotatable bonds is 7. The highest BCUT2D eigenvalue weighted by molar-refractivity contribution is 6.33. The van der Waals surface area contributed by atoms with Gasteiger partial charge in [-0.15, -0.1) is 5.10 Å². The van der Waals surface area contributed by atoms with Crippen LogP contribution in [0.15, 0.2) is 53.8 Å². The number of nitrogens with one attached hydrogen (secondary N) is 1. The molecule has 0 spiro atoms. The highest BCUT2D eigenvalue weighted by atomic mass is 35.5. The van der Waals surface area contributed by atoms with Gasteiger partial charge in [-0.2, -0.15) is 22.7 Å². The third-order valence-electron chi connectivity index (χ3n) is 9.09. The van der Waals surface area contributed by atoms with Gasteiger partial charge in [0.1, 0.15) is 24.2 Å². The third-order valence-corrected chi connectivity index (χ3v) is 9.40. The van der Waals surface area contributed by atoms with Crippen LogP contribution in [0.2, 0.25) is 5.02 Å². The summed E-state index contributed by atoms with van der Waals surface area (Å²) in [6.45, 7) is 3.75. The Balaban J connectivity index is 1.27. The van der Waals surface area contributed by atoms with Crippen LogP contribution in [0.3, 0.4) is 0 Å². The quantitative estimate of drug-likeness (QED) is 0.243. The number of hydrogen-bond acceptors (Lipinski definition) is 10. The average Bonchev–Trinajstić information content (AvgIpc) is 3.75. The SMILES string of the molecule is CCc1c(N2CCN(C(=O)c3ncnc(C)c3O)CC2)c(=O)n2nc(-c3cnc4c(ccn4C)c3)nc2n1CC(=O)Nc1ccc(C(F)(F)F)cc1Cl. The van der Waals surface area contributed by atoms with Crippen molar-refractivity contribution in [1.82, 2.24) is 43.6 Å². The van der Waals surface area contributed by atoms with Crippen LogP contribution >= 0.6 is 11.6 Å². The predicted molar refractivity (Wildman–Crippen MR) is 188 cm³/mol. The van der Waals surface area contributed by atoms with Crippen molar-refractivity contribution in [1.29, 1.82) is 0 Å². The van der Waals surface area contributed by atoms with Crippen molar-refractivity contribution in [3.63, 3.8) is 0 Å². The Kier molecular flexibility index (Phi) is 9.01. The van der Waals surface area contributed by atoms with Crippen LogP contribution in [0.1, 0.15) is 34.4 Å². The highest BCUT2D eigenvalue weighted by Gasteiger charge is 2.32. The van der Waals surface area contributed by atoms with Crippen LogP contribution in [-0.2, 0) is 31.0 Å². The van der Waals surface area contributed by atoms with Crippen LogP contribution in [0.25, 0.3) is 28.2 Å². The zero-order valence-electron chi connectivity index (χ0n) is 28.5. The lowest BCUT2D eigenvalue weighted by Gasteiger charge is -2.36. The van der Waals surface area contributed by atoms with Gasteiger partial charge in [-0.05, 0) is 43.7 Å². The Morgan fingerprint density at radius 2 is 1.81 bits per heavy atom. The lowest BCUT2D eigenvalue weighted by atomic mass is 10.2. The van der Waals surface area contributed by atoms with Gasteiger partial charge < -0.3 is 29.4 Å². The van der Waals surface area contributed by atoms with Crippen molar-refractivity contribution < 1.29 is 27.9 Å². The number of carbonyl (C=O) groups excluding carboxylic acids is 2. The molecule has 0 saturated carbocycles. The topological polar surface area (TPSA) is 169 Å². The molecule has 5 aromatic heterocycles. The van der Waals surface area contributed by atoms with E-state index >= 15 is 0 Å². The number of aryl methyl sites for hydroxylation is 2. The van der Waals surface area contributed by atoms with E-state index in [1.807, 2.05) is 29.9 Å². The number of amides is 2. The molecule has 19 heteroatoms. The number of hydrogen-bond donors (Lipinski definition) is 2. The Morgan fingerprint density at radius 1 is 1.06 bits per heavy atom. The van der Waals surface area contributed by atoms with E-state index in [0.29, 0.717) is 11.3 Å². The summed E-state index contributed by atoms with van der Waals surface area (Å²) in [4.78, 5) is 61.6. The molecule has 6 aromatic rings. The van der Waals surface area contributed by atoms with Crippen molar-refractivity contribution >= 4 is 51.6 Å². The normalized spacial score (nSPS) is 13.6. The zero-order chi connectivity index (χ0) is 37.8. The maximum atomic E-state index is 14.3. The molecule has 7 rings (SSSR count). The molecule has 6 heterocycles. The molecule has 0 atom stereocenters. The van der Waals surface area contributed by atoms with E-state index in [0.717, 1.165) is 33.7 Å². The number of carbonyl (C=O) groups is 2. The van der Waals surface area contributed by atoms with Crippen LogP contribution in [0.5, 0.6) is 5.75 Å². The maximum Gasteiger partial charge on any atom is 0.416 e. The lowest BCUT2D eigenvalue weighted by molar-refractivity contribution is -0.137. The largest absolute Gasteiger partial charge is 0.504 e. The summed E-state index contributed by atoms with van der Waals surface area (Å²) in [6.07, 6.45) is 0.282. The number of nitrogens with zero attached hydrogens (tertiary/aromatic N) is 10. The summed E-state index contributed by atoms with van der Waals surface area (Å²) < 4.78 is 44.2. The van der Waals surface area contributed by atoms with Crippen molar-refractivity contribution in [2.45, 2.75) is 33.0 Å². The standard InChI is InChI=1S/C34H31ClF3N11O4/c1-4-24-27(46-9-11-47(12-10-46)31(52)26-28(51)18(2)40-17-41-26)32(53)49-33(43-29(44-49)20-13-19-7-8-45(3)30(19)39-15-20)48(24)16-25(50)42-23-6-5-21(14-22(23)35)34(36,37)38/h5-8,13-15,17,51H,4,9-12,16H2,1-3H3,(H,42,50). The Morgan fingerprint density at radius 3 is 2.51 bits per heavy atom. The molecule has 15 nitrogen and oxygen atoms in total. The van der Waals surface area contributed by atoms with E-state index in [1.165, 1.54) is 15.8 Å². The molecule has 0 unspecified atom stereocenters. The van der Waals surface area contributed by atoms with Gasteiger partial charge in [-0.25, -0.2) is 15.0 Å². The molecule has 1 aliphatic heterocycles. The minimum absolute atomic E-state index is 0.0323. The number of alkyl halides is 3. The second-order valence-corrected chi connectivity index (χ2v) is 12.8. The van der Waals surface area contributed by atoms with Crippen LogP contribution in [0.4, 0.5) is 24.5 Å². The summed E-state index contributed by atoms with van der Waals surface area (Å²) in [5.74, 6) is -1.21. The molecular weight excluding hydrogens is 719 g/mol. The van der Waals surface area contributed by atoms with E-state index in [9.17, 15) is 32.7 Å².